The lowest BCUT2D eigenvalue weighted by Crippen LogP contribution is -2.18. The summed E-state index contributed by atoms with van der Waals surface area (Å²) >= 11 is 4.99. The smallest absolute Gasteiger partial charge is 0.195 e. The Kier molecular flexibility index (Phi) is 3.80. The van der Waals surface area contributed by atoms with Crippen LogP contribution < -0.4 is 0 Å². The molecule has 2 heterocycles. The first-order valence-corrected chi connectivity index (χ1v) is 10.1. The van der Waals surface area contributed by atoms with Crippen molar-refractivity contribution >= 4 is 38.0 Å². The fourth-order valence-electron chi connectivity index (χ4n) is 3.64. The predicted octanol–water partition coefficient (Wildman–Crippen LogP) is 5.74. The Morgan fingerprint density at radius 2 is 1.81 bits per heavy atom. The molecule has 3 nitrogen and oxygen atoms in total. The lowest BCUT2D eigenvalue weighted by Gasteiger charge is -2.21. The average Bonchev–Trinajstić information content (AvgIpc) is 3.22. The standard InChI is InChI=1S/C21H15BrN2OS/c22-16-8-6-14(7-9-16)17-12-24-18-10-15(13-4-2-1-3-5-13)11-19(25)20(18)26-21(24)23-17/h1-9,12,15H,10-11H2/t15-/m1/s1. The molecule has 2 aromatic carbocycles. The maximum atomic E-state index is 12.7. The first-order chi connectivity index (χ1) is 12.7. The zero-order chi connectivity index (χ0) is 17.7. The number of fused-ring (bicyclic) bond motifs is 3. The fourth-order valence-corrected chi connectivity index (χ4v) is 4.99. The molecule has 0 amide bonds. The van der Waals surface area contributed by atoms with Gasteiger partial charge in [0.1, 0.15) is 0 Å². The number of Topliss-reactive ketones (excluding diaryl/α,β-unsaturated/α-hetero) is 1. The van der Waals surface area contributed by atoms with Gasteiger partial charge >= 0.3 is 0 Å². The van der Waals surface area contributed by atoms with Crippen LogP contribution in [0, 0.1) is 0 Å². The van der Waals surface area contributed by atoms with E-state index in [2.05, 4.69) is 50.8 Å². The highest BCUT2D eigenvalue weighted by Crippen LogP contribution is 2.38. The summed E-state index contributed by atoms with van der Waals surface area (Å²) in [6, 6.07) is 18.5. The molecule has 1 aliphatic carbocycles. The molecule has 0 unspecified atom stereocenters. The van der Waals surface area contributed by atoms with Gasteiger partial charge in [-0.2, -0.15) is 0 Å². The Labute approximate surface area is 163 Å². The van der Waals surface area contributed by atoms with Crippen molar-refractivity contribution in [3.63, 3.8) is 0 Å². The number of carbonyl (C=O) groups excluding carboxylic acids is 1. The van der Waals surface area contributed by atoms with Crippen molar-refractivity contribution in [1.82, 2.24) is 9.38 Å². The van der Waals surface area contributed by atoms with Gasteiger partial charge < -0.3 is 0 Å². The zero-order valence-electron chi connectivity index (χ0n) is 13.9. The second-order valence-electron chi connectivity index (χ2n) is 6.60. The second kappa shape index (κ2) is 6.18. The quantitative estimate of drug-likeness (QED) is 0.412. The monoisotopic (exact) mass is 422 g/mol. The number of hydrogen-bond acceptors (Lipinski definition) is 3. The second-order valence-corrected chi connectivity index (χ2v) is 8.50. The molecule has 0 radical (unpaired) electrons. The molecule has 0 aliphatic heterocycles. The maximum Gasteiger partial charge on any atom is 0.195 e. The van der Waals surface area contributed by atoms with Gasteiger partial charge in [-0.05, 0) is 30.0 Å². The molecule has 0 saturated heterocycles. The lowest BCUT2D eigenvalue weighted by atomic mass is 9.84. The molecule has 0 fully saturated rings. The van der Waals surface area contributed by atoms with E-state index in [0.717, 1.165) is 37.7 Å². The fraction of sp³-hybridized carbons (Fsp3) is 0.143. The van der Waals surface area contributed by atoms with Gasteiger partial charge in [-0.15, -0.1) is 0 Å². The molecule has 2 aromatic heterocycles. The van der Waals surface area contributed by atoms with Gasteiger partial charge in [0.15, 0.2) is 10.7 Å². The first-order valence-electron chi connectivity index (χ1n) is 8.54. The number of aromatic nitrogens is 2. The molecule has 5 heteroatoms. The van der Waals surface area contributed by atoms with Gasteiger partial charge in [-0.3, -0.25) is 9.20 Å². The molecule has 1 atom stereocenters. The molecule has 5 rings (SSSR count). The molecule has 1 aliphatic rings. The molecule has 0 bridgehead atoms. The van der Waals surface area contributed by atoms with Crippen molar-refractivity contribution in [2.75, 3.05) is 0 Å². The van der Waals surface area contributed by atoms with Crippen LogP contribution in [0.2, 0.25) is 0 Å². The van der Waals surface area contributed by atoms with Crippen LogP contribution in [0.3, 0.4) is 0 Å². The highest BCUT2D eigenvalue weighted by atomic mass is 79.9. The third-order valence-corrected chi connectivity index (χ3v) is 6.62. The number of halogens is 1. The Hall–Kier alpha value is -2.24. The Morgan fingerprint density at radius 1 is 1.04 bits per heavy atom. The van der Waals surface area contributed by atoms with E-state index in [1.54, 1.807) is 0 Å². The third-order valence-electron chi connectivity index (χ3n) is 4.96. The van der Waals surface area contributed by atoms with E-state index in [0.29, 0.717) is 6.42 Å². The molecule has 4 aromatic rings. The highest BCUT2D eigenvalue weighted by Gasteiger charge is 2.30. The van der Waals surface area contributed by atoms with Crippen LogP contribution in [-0.4, -0.2) is 15.2 Å². The van der Waals surface area contributed by atoms with Crippen LogP contribution in [0.25, 0.3) is 16.2 Å². The van der Waals surface area contributed by atoms with Crippen LogP contribution in [-0.2, 0) is 6.42 Å². The summed E-state index contributed by atoms with van der Waals surface area (Å²) in [4.78, 5) is 19.2. The summed E-state index contributed by atoms with van der Waals surface area (Å²) in [5.74, 6) is 0.480. The summed E-state index contributed by atoms with van der Waals surface area (Å²) in [6.07, 6.45) is 3.52. The van der Waals surface area contributed by atoms with Crippen LogP contribution >= 0.6 is 27.3 Å². The topological polar surface area (TPSA) is 34.4 Å². The van der Waals surface area contributed by atoms with Gasteiger partial charge in [0.05, 0.1) is 10.6 Å². The van der Waals surface area contributed by atoms with Gasteiger partial charge in [0, 0.05) is 28.3 Å². The van der Waals surface area contributed by atoms with Crippen molar-refractivity contribution in [1.29, 1.82) is 0 Å². The Bertz CT molecular complexity index is 1110. The van der Waals surface area contributed by atoms with E-state index >= 15 is 0 Å². The van der Waals surface area contributed by atoms with Crippen molar-refractivity contribution < 1.29 is 4.79 Å². The zero-order valence-corrected chi connectivity index (χ0v) is 16.3. The van der Waals surface area contributed by atoms with Gasteiger partial charge in [-0.25, -0.2) is 4.98 Å². The third kappa shape index (κ3) is 2.63. The minimum Gasteiger partial charge on any atom is -0.293 e. The van der Waals surface area contributed by atoms with Gasteiger partial charge in [0.2, 0.25) is 0 Å². The maximum absolute atomic E-state index is 12.7. The Balaban J connectivity index is 1.58. The van der Waals surface area contributed by atoms with E-state index in [9.17, 15) is 4.79 Å². The van der Waals surface area contributed by atoms with E-state index < -0.39 is 0 Å². The minimum atomic E-state index is 0.237. The first kappa shape index (κ1) is 16.0. The number of nitrogens with zero attached hydrogens (tertiary/aromatic N) is 2. The summed E-state index contributed by atoms with van der Waals surface area (Å²) in [5.41, 5.74) is 4.37. The minimum absolute atomic E-state index is 0.237. The lowest BCUT2D eigenvalue weighted by molar-refractivity contribution is 0.0967. The molecular weight excluding hydrogens is 408 g/mol. The predicted molar refractivity (Wildman–Crippen MR) is 108 cm³/mol. The van der Waals surface area contributed by atoms with Crippen molar-refractivity contribution in [3.05, 3.63) is 81.4 Å². The number of carbonyl (C=O) groups is 1. The molecule has 0 spiro atoms. The van der Waals surface area contributed by atoms with Crippen LogP contribution in [0.1, 0.15) is 33.3 Å². The van der Waals surface area contributed by atoms with Crippen molar-refractivity contribution in [2.45, 2.75) is 18.8 Å². The van der Waals surface area contributed by atoms with E-state index in [1.165, 1.54) is 16.9 Å². The molecule has 0 saturated carbocycles. The van der Waals surface area contributed by atoms with Crippen molar-refractivity contribution in [2.24, 2.45) is 0 Å². The molecule has 26 heavy (non-hydrogen) atoms. The summed E-state index contributed by atoms with van der Waals surface area (Å²) in [7, 11) is 0. The number of ketones is 1. The number of rotatable bonds is 2. The number of benzene rings is 2. The van der Waals surface area contributed by atoms with Crippen LogP contribution in [0.5, 0.6) is 0 Å². The number of hydrogen-bond donors (Lipinski definition) is 0. The molecule has 0 N–H and O–H groups in total. The average molecular weight is 423 g/mol. The molecular formula is C21H15BrN2OS. The molecule has 128 valence electrons. The van der Waals surface area contributed by atoms with E-state index in [1.807, 2.05) is 30.3 Å². The number of thiazole rings is 1. The van der Waals surface area contributed by atoms with E-state index in [-0.39, 0.29) is 11.7 Å². The van der Waals surface area contributed by atoms with E-state index in [4.69, 9.17) is 4.98 Å². The Morgan fingerprint density at radius 3 is 2.58 bits per heavy atom. The van der Waals surface area contributed by atoms with Crippen molar-refractivity contribution in [3.8, 4) is 11.3 Å². The van der Waals surface area contributed by atoms with Crippen LogP contribution in [0.4, 0.5) is 0 Å². The highest BCUT2D eigenvalue weighted by molar-refractivity contribution is 9.10. The van der Waals surface area contributed by atoms with Crippen LogP contribution in [0.15, 0.2) is 65.3 Å². The van der Waals surface area contributed by atoms with Gasteiger partial charge in [-0.1, -0.05) is 69.7 Å². The number of imidazole rings is 1. The SMILES string of the molecule is O=C1C[C@H](c2ccccc2)Cc2c1sc1nc(-c3ccc(Br)cc3)cn21. The normalized spacial score (nSPS) is 16.8. The largest absolute Gasteiger partial charge is 0.293 e. The summed E-state index contributed by atoms with van der Waals surface area (Å²) < 4.78 is 3.17. The summed E-state index contributed by atoms with van der Waals surface area (Å²) in [5, 5.41) is 0. The summed E-state index contributed by atoms with van der Waals surface area (Å²) in [6.45, 7) is 0. The van der Waals surface area contributed by atoms with Gasteiger partial charge in [0.25, 0.3) is 0 Å².